The van der Waals surface area contributed by atoms with E-state index in [-0.39, 0.29) is 12.3 Å². The fourth-order valence-corrected chi connectivity index (χ4v) is 3.48. The van der Waals surface area contributed by atoms with Gasteiger partial charge in [0.05, 0.1) is 5.56 Å². The first-order valence-electron chi connectivity index (χ1n) is 10.2. The van der Waals surface area contributed by atoms with Gasteiger partial charge in [-0.2, -0.15) is 18.2 Å². The van der Waals surface area contributed by atoms with Crippen molar-refractivity contribution < 1.29 is 22.5 Å². The van der Waals surface area contributed by atoms with Gasteiger partial charge < -0.3 is 14.3 Å². The normalized spacial score (nSPS) is 15.0. The number of aryl methyl sites for hydroxylation is 1. The average molecular weight is 446 g/mol. The molecule has 0 aromatic carbocycles. The number of aromatic nitrogens is 4. The van der Waals surface area contributed by atoms with E-state index in [1.807, 2.05) is 4.90 Å². The molecular weight excluding hydrogens is 425 g/mol. The van der Waals surface area contributed by atoms with Gasteiger partial charge in [-0.05, 0) is 30.7 Å². The Morgan fingerprint density at radius 3 is 2.59 bits per heavy atom. The molecule has 3 aromatic heterocycles. The molecule has 32 heavy (non-hydrogen) atoms. The smallest absolute Gasteiger partial charge is 0.355 e. The highest BCUT2D eigenvalue weighted by Crippen LogP contribution is 2.29. The number of carbonyl (C=O) groups is 1. The Morgan fingerprint density at radius 1 is 1.06 bits per heavy atom. The molecule has 0 bridgehead atoms. The zero-order valence-electron chi connectivity index (χ0n) is 17.1. The van der Waals surface area contributed by atoms with Crippen LogP contribution >= 0.6 is 0 Å². The zero-order chi connectivity index (χ0) is 22.6. The first-order valence-corrected chi connectivity index (χ1v) is 10.2. The van der Waals surface area contributed by atoms with E-state index < -0.39 is 11.7 Å². The van der Waals surface area contributed by atoms with Gasteiger partial charge in [0.1, 0.15) is 5.82 Å². The molecule has 0 N–H and O–H groups in total. The summed E-state index contributed by atoms with van der Waals surface area (Å²) in [5.41, 5.74) is 0.00630. The summed E-state index contributed by atoms with van der Waals surface area (Å²) in [6.07, 6.45) is 0.962. The molecule has 0 radical (unpaired) electrons. The van der Waals surface area contributed by atoms with Crippen LogP contribution in [0.5, 0.6) is 0 Å². The van der Waals surface area contributed by atoms with Gasteiger partial charge in [0, 0.05) is 63.2 Å². The summed E-state index contributed by atoms with van der Waals surface area (Å²) >= 11 is 0. The number of rotatable bonds is 5. The zero-order valence-corrected chi connectivity index (χ0v) is 17.1. The van der Waals surface area contributed by atoms with Crippen molar-refractivity contribution in [1.82, 2.24) is 25.0 Å². The summed E-state index contributed by atoms with van der Waals surface area (Å²) in [5.74, 6) is 1.28. The fraction of sp³-hybridized carbons (Fsp3) is 0.381. The summed E-state index contributed by atoms with van der Waals surface area (Å²) in [6, 6.07) is 5.94. The van der Waals surface area contributed by atoms with Gasteiger partial charge in [-0.1, -0.05) is 5.16 Å². The molecule has 0 atom stereocenters. The molecule has 0 aliphatic carbocycles. The van der Waals surface area contributed by atoms with Crippen LogP contribution in [0.4, 0.5) is 19.0 Å². The number of hydrogen-bond acceptors (Lipinski definition) is 7. The first kappa shape index (κ1) is 21.7. The van der Waals surface area contributed by atoms with E-state index in [2.05, 4.69) is 20.1 Å². The number of pyridine rings is 2. The molecule has 1 fully saturated rings. The molecule has 0 saturated carbocycles. The van der Waals surface area contributed by atoms with E-state index in [0.29, 0.717) is 56.6 Å². The highest BCUT2D eigenvalue weighted by atomic mass is 19.4. The van der Waals surface area contributed by atoms with Crippen LogP contribution in [0.1, 0.15) is 24.3 Å². The van der Waals surface area contributed by atoms with Crippen molar-refractivity contribution in [3.63, 3.8) is 0 Å². The minimum absolute atomic E-state index is 0.0316. The van der Waals surface area contributed by atoms with Crippen LogP contribution in [0.25, 0.3) is 11.4 Å². The second-order valence-electron chi connectivity index (χ2n) is 7.37. The van der Waals surface area contributed by atoms with Crippen molar-refractivity contribution in [3.8, 4) is 11.4 Å². The van der Waals surface area contributed by atoms with Crippen LogP contribution in [0.3, 0.4) is 0 Å². The molecule has 3 aromatic rings. The maximum atomic E-state index is 12.7. The van der Waals surface area contributed by atoms with Gasteiger partial charge in [-0.25, -0.2) is 4.98 Å². The number of anilines is 1. The van der Waals surface area contributed by atoms with Gasteiger partial charge in [-0.3, -0.25) is 9.78 Å². The standard InChI is InChI=1S/C21H21F3N6O2/c22-21(23,24)16-2-3-17(26-14-16)29-10-1-11-30(13-12-29)19(31)5-4-18-27-20(28-32-18)15-6-8-25-9-7-15/h2-3,6-9,14H,1,4-5,10-13H2. The minimum atomic E-state index is -4.41. The molecule has 4 rings (SSSR count). The Bertz CT molecular complexity index is 1040. The topological polar surface area (TPSA) is 88.2 Å². The molecule has 4 heterocycles. The van der Waals surface area contributed by atoms with Crippen molar-refractivity contribution >= 4 is 11.7 Å². The number of hydrogen-bond donors (Lipinski definition) is 0. The van der Waals surface area contributed by atoms with Crippen LogP contribution < -0.4 is 4.90 Å². The third-order valence-electron chi connectivity index (χ3n) is 5.21. The maximum absolute atomic E-state index is 12.7. The highest BCUT2D eigenvalue weighted by molar-refractivity contribution is 5.76. The predicted molar refractivity (Wildman–Crippen MR) is 108 cm³/mol. The van der Waals surface area contributed by atoms with Gasteiger partial charge in [0.2, 0.25) is 17.6 Å². The monoisotopic (exact) mass is 446 g/mol. The number of nitrogens with zero attached hydrogens (tertiary/aromatic N) is 6. The predicted octanol–water partition coefficient (Wildman–Crippen LogP) is 3.22. The average Bonchev–Trinajstić information content (AvgIpc) is 3.13. The number of alkyl halides is 3. The molecule has 1 aliphatic rings. The summed E-state index contributed by atoms with van der Waals surface area (Å²) in [4.78, 5) is 28.5. The lowest BCUT2D eigenvalue weighted by Gasteiger charge is -2.23. The molecule has 1 saturated heterocycles. The second kappa shape index (κ2) is 9.33. The Hall–Kier alpha value is -3.50. The maximum Gasteiger partial charge on any atom is 0.417 e. The molecule has 168 valence electrons. The number of amides is 1. The van der Waals surface area contributed by atoms with Gasteiger partial charge in [0.15, 0.2) is 0 Å². The lowest BCUT2D eigenvalue weighted by molar-refractivity contribution is -0.137. The molecule has 8 nitrogen and oxygen atoms in total. The van der Waals surface area contributed by atoms with E-state index in [1.165, 1.54) is 6.07 Å². The van der Waals surface area contributed by atoms with E-state index in [9.17, 15) is 18.0 Å². The van der Waals surface area contributed by atoms with Crippen LogP contribution in [0, 0.1) is 0 Å². The summed E-state index contributed by atoms with van der Waals surface area (Å²) in [6.45, 7) is 2.15. The molecule has 11 heteroatoms. The van der Waals surface area contributed by atoms with Gasteiger partial charge >= 0.3 is 6.18 Å². The third-order valence-corrected chi connectivity index (χ3v) is 5.21. The molecule has 0 spiro atoms. The van der Waals surface area contributed by atoms with Crippen molar-refractivity contribution in [2.75, 3.05) is 31.1 Å². The minimum Gasteiger partial charge on any atom is -0.355 e. The Kier molecular flexibility index (Phi) is 6.33. The summed E-state index contributed by atoms with van der Waals surface area (Å²) in [5, 5.41) is 3.93. The van der Waals surface area contributed by atoms with Crippen LogP contribution in [0.2, 0.25) is 0 Å². The van der Waals surface area contributed by atoms with Crippen molar-refractivity contribution in [3.05, 3.63) is 54.3 Å². The Balaban J connectivity index is 1.30. The molecule has 1 amide bonds. The van der Waals surface area contributed by atoms with Gasteiger partial charge in [0.25, 0.3) is 0 Å². The first-order chi connectivity index (χ1) is 15.4. The van der Waals surface area contributed by atoms with Crippen LogP contribution in [0.15, 0.2) is 47.4 Å². The third kappa shape index (κ3) is 5.21. The molecular formula is C21H21F3N6O2. The lowest BCUT2D eigenvalue weighted by Crippen LogP contribution is -2.35. The van der Waals surface area contributed by atoms with E-state index in [0.717, 1.165) is 17.8 Å². The van der Waals surface area contributed by atoms with Crippen LogP contribution in [-0.2, 0) is 17.4 Å². The Morgan fingerprint density at radius 2 is 1.88 bits per heavy atom. The van der Waals surface area contributed by atoms with E-state index in [1.54, 1.807) is 29.4 Å². The quantitative estimate of drug-likeness (QED) is 0.595. The SMILES string of the molecule is O=C(CCc1nc(-c2ccncc2)no1)N1CCCN(c2ccc(C(F)(F)F)cn2)CC1. The lowest BCUT2D eigenvalue weighted by atomic mass is 10.2. The van der Waals surface area contributed by atoms with E-state index in [4.69, 9.17) is 4.52 Å². The second-order valence-corrected chi connectivity index (χ2v) is 7.37. The van der Waals surface area contributed by atoms with E-state index >= 15 is 0 Å². The number of halogens is 3. The molecule has 0 unspecified atom stereocenters. The fourth-order valence-electron chi connectivity index (χ4n) is 3.48. The Labute approximate surface area is 182 Å². The summed E-state index contributed by atoms with van der Waals surface area (Å²) in [7, 11) is 0. The molecule has 1 aliphatic heterocycles. The van der Waals surface area contributed by atoms with Crippen molar-refractivity contribution in [1.29, 1.82) is 0 Å². The number of carbonyl (C=O) groups excluding carboxylic acids is 1. The van der Waals surface area contributed by atoms with Crippen molar-refractivity contribution in [2.24, 2.45) is 0 Å². The van der Waals surface area contributed by atoms with Crippen molar-refractivity contribution in [2.45, 2.75) is 25.4 Å². The largest absolute Gasteiger partial charge is 0.417 e. The van der Waals surface area contributed by atoms with Crippen LogP contribution in [-0.4, -0.2) is 57.1 Å². The van der Waals surface area contributed by atoms with Gasteiger partial charge in [-0.15, -0.1) is 0 Å². The summed E-state index contributed by atoms with van der Waals surface area (Å²) < 4.78 is 43.4. The highest BCUT2D eigenvalue weighted by Gasteiger charge is 2.31.